The molecule has 19 heteroatoms. The van der Waals surface area contributed by atoms with Crippen molar-refractivity contribution < 1.29 is 29.1 Å². The number of H-pyrrole nitrogens is 1. The standard InChI is InChI=1S/C57H71N11O7S/c1-33(2)68-47-25-40(24-43(46(47)31-63-68)54(73)61-30-45-34(3)23-35(4)64-56(45)75)39-13-14-48(59-29-39)67-21-19-66(20-22-67)18-17-58-49(70)15-16-50(71)65-53(57(6,7)8)51(72)42-26-41(69)27-44(42)55(74)60-28-37-9-11-38(12-10-37)52-36(5)62-32-76-52/h9-14,23-25,29,31-33,41-42,44,53,69H,15-22,26-28,30H2,1-8H3,(H,58,70)(H,60,74)(H,61,73)(H,64,75)(H,65,71)/t41-,42?,44?,53?/m0/s1. The van der Waals surface area contributed by atoms with E-state index >= 15 is 0 Å². The van der Waals surface area contributed by atoms with Crippen molar-refractivity contribution in [1.29, 1.82) is 0 Å². The van der Waals surface area contributed by atoms with E-state index in [1.807, 2.05) is 126 Å². The van der Waals surface area contributed by atoms with Crippen LogP contribution in [0.2, 0.25) is 0 Å². The Morgan fingerprint density at radius 3 is 2.18 bits per heavy atom. The molecule has 2 fully saturated rings. The van der Waals surface area contributed by atoms with Gasteiger partial charge in [-0.2, -0.15) is 5.10 Å². The molecule has 0 spiro atoms. The predicted molar refractivity (Wildman–Crippen MR) is 295 cm³/mol. The van der Waals surface area contributed by atoms with Crippen LogP contribution >= 0.6 is 11.3 Å². The van der Waals surface area contributed by atoms with Gasteiger partial charge in [0, 0.05) is 106 Å². The summed E-state index contributed by atoms with van der Waals surface area (Å²) in [6.07, 6.45) is 2.82. The Labute approximate surface area is 447 Å². The molecule has 5 heterocycles. The topological polar surface area (TPSA) is 237 Å². The van der Waals surface area contributed by atoms with Crippen LogP contribution in [0.4, 0.5) is 5.82 Å². The molecule has 4 atom stereocenters. The fraction of sp³-hybridized carbons (Fsp3) is 0.456. The smallest absolute Gasteiger partial charge is 0.253 e. The van der Waals surface area contributed by atoms with E-state index in [-0.39, 0.29) is 73.9 Å². The monoisotopic (exact) mass is 1050 g/mol. The number of piperazine rings is 1. The van der Waals surface area contributed by atoms with E-state index in [1.54, 1.807) is 17.5 Å². The summed E-state index contributed by atoms with van der Waals surface area (Å²) >= 11 is 1.57. The molecular formula is C57H71N11O7S. The van der Waals surface area contributed by atoms with Crippen molar-refractivity contribution >= 4 is 57.5 Å². The van der Waals surface area contributed by atoms with E-state index in [1.165, 1.54) is 0 Å². The minimum atomic E-state index is -0.928. The first-order valence-electron chi connectivity index (χ1n) is 26.2. The fourth-order valence-corrected chi connectivity index (χ4v) is 11.2. The molecule has 3 unspecified atom stereocenters. The number of rotatable bonds is 19. The van der Waals surface area contributed by atoms with Crippen LogP contribution in [0.3, 0.4) is 0 Å². The molecular weight excluding hydrogens is 983 g/mol. The summed E-state index contributed by atoms with van der Waals surface area (Å²) in [5, 5.41) is 27.7. The third-order valence-electron chi connectivity index (χ3n) is 14.6. The number of pyridine rings is 2. The molecule has 2 aliphatic rings. The number of anilines is 1. The minimum Gasteiger partial charge on any atom is -0.393 e. The number of Topliss-reactive ketones (excluding diaryl/α,β-unsaturated/α-hetero) is 1. The first-order chi connectivity index (χ1) is 36.2. The maximum absolute atomic E-state index is 14.2. The number of aliphatic hydroxyl groups is 1. The molecule has 2 aromatic carbocycles. The molecule has 76 heavy (non-hydrogen) atoms. The summed E-state index contributed by atoms with van der Waals surface area (Å²) in [5.41, 5.74) is 8.81. The zero-order chi connectivity index (χ0) is 54.4. The number of hydrogen-bond acceptors (Lipinski definition) is 13. The van der Waals surface area contributed by atoms with E-state index < -0.39 is 35.3 Å². The van der Waals surface area contributed by atoms with Gasteiger partial charge in [-0.05, 0) is 105 Å². The normalized spacial score (nSPS) is 17.4. The zero-order valence-electron chi connectivity index (χ0n) is 44.8. The van der Waals surface area contributed by atoms with Crippen LogP contribution in [0, 0.1) is 38.0 Å². The lowest BCUT2D eigenvalue weighted by Gasteiger charge is -2.35. The second-order valence-electron chi connectivity index (χ2n) is 21.6. The fourth-order valence-electron chi connectivity index (χ4n) is 10.3. The molecule has 1 saturated carbocycles. The number of aliphatic hydroxyl groups excluding tert-OH is 1. The van der Waals surface area contributed by atoms with Crippen molar-refractivity contribution in [3.63, 3.8) is 0 Å². The van der Waals surface area contributed by atoms with Gasteiger partial charge >= 0.3 is 0 Å². The quantitative estimate of drug-likeness (QED) is 0.0535. The number of carbonyl (C=O) groups excluding carboxylic acids is 5. The van der Waals surface area contributed by atoms with Gasteiger partial charge in [-0.25, -0.2) is 9.97 Å². The first kappa shape index (κ1) is 55.2. The van der Waals surface area contributed by atoms with Crippen molar-refractivity contribution in [2.75, 3.05) is 44.2 Å². The van der Waals surface area contributed by atoms with Gasteiger partial charge in [0.25, 0.3) is 11.5 Å². The lowest BCUT2D eigenvalue weighted by Crippen LogP contribution is -2.52. The summed E-state index contributed by atoms with van der Waals surface area (Å²) in [6.45, 7) is 19.6. The van der Waals surface area contributed by atoms with Crippen molar-refractivity contribution in [2.24, 2.45) is 17.3 Å². The molecule has 4 aromatic heterocycles. The lowest BCUT2D eigenvalue weighted by atomic mass is 9.77. The van der Waals surface area contributed by atoms with Gasteiger partial charge in [0.1, 0.15) is 5.82 Å². The van der Waals surface area contributed by atoms with Crippen LogP contribution in [0.25, 0.3) is 32.5 Å². The molecule has 1 saturated heterocycles. The number of aromatic amines is 1. The van der Waals surface area contributed by atoms with E-state index in [0.717, 1.165) is 81.6 Å². The number of benzene rings is 2. The van der Waals surface area contributed by atoms with Crippen LogP contribution in [-0.2, 0) is 32.3 Å². The summed E-state index contributed by atoms with van der Waals surface area (Å²) in [6, 6.07) is 16.8. The second-order valence-corrected chi connectivity index (χ2v) is 22.5. The molecule has 1 aliphatic heterocycles. The van der Waals surface area contributed by atoms with Gasteiger partial charge in [-0.3, -0.25) is 38.3 Å². The minimum absolute atomic E-state index is 0.0516. The molecule has 1 aliphatic carbocycles. The molecule has 4 amide bonds. The van der Waals surface area contributed by atoms with Crippen LogP contribution < -0.4 is 31.7 Å². The maximum atomic E-state index is 14.2. The zero-order valence-corrected chi connectivity index (χ0v) is 45.6. The van der Waals surface area contributed by atoms with Crippen LogP contribution in [-0.4, -0.2) is 116 Å². The summed E-state index contributed by atoms with van der Waals surface area (Å²) < 4.78 is 1.89. The van der Waals surface area contributed by atoms with Gasteiger partial charge < -0.3 is 36.3 Å². The Balaban J connectivity index is 0.782. The third-order valence-corrected chi connectivity index (χ3v) is 15.6. The largest absolute Gasteiger partial charge is 0.393 e. The second kappa shape index (κ2) is 23.8. The summed E-state index contributed by atoms with van der Waals surface area (Å²) in [7, 11) is 0. The van der Waals surface area contributed by atoms with Crippen molar-refractivity contribution in [2.45, 2.75) is 112 Å². The average molecular weight is 1050 g/mol. The number of nitrogens with one attached hydrogen (secondary N) is 5. The Morgan fingerprint density at radius 2 is 1.53 bits per heavy atom. The molecule has 0 radical (unpaired) electrons. The molecule has 0 bridgehead atoms. The molecule has 8 rings (SSSR count). The van der Waals surface area contributed by atoms with E-state index in [0.29, 0.717) is 29.6 Å². The number of aryl methyl sites for hydroxylation is 3. The van der Waals surface area contributed by atoms with Crippen LogP contribution in [0.5, 0.6) is 0 Å². The molecule has 18 nitrogen and oxygen atoms in total. The Bertz CT molecular complexity index is 3130. The van der Waals surface area contributed by atoms with Crippen LogP contribution in [0.1, 0.15) is 105 Å². The van der Waals surface area contributed by atoms with Gasteiger partial charge in [-0.1, -0.05) is 45.0 Å². The highest BCUT2D eigenvalue weighted by Gasteiger charge is 2.46. The Hall–Kier alpha value is -7.09. The summed E-state index contributed by atoms with van der Waals surface area (Å²) in [4.78, 5) is 98.0. The number of fused-ring (bicyclic) bond motifs is 1. The van der Waals surface area contributed by atoms with E-state index in [4.69, 9.17) is 4.98 Å². The Kier molecular flexibility index (Phi) is 17.3. The first-order valence-corrected chi connectivity index (χ1v) is 27.1. The van der Waals surface area contributed by atoms with Gasteiger partial charge in [0.15, 0.2) is 5.78 Å². The van der Waals surface area contributed by atoms with Gasteiger partial charge in [-0.15, -0.1) is 11.3 Å². The third kappa shape index (κ3) is 13.1. The molecule has 6 N–H and O–H groups in total. The van der Waals surface area contributed by atoms with E-state index in [9.17, 15) is 33.9 Å². The van der Waals surface area contributed by atoms with Gasteiger partial charge in [0.2, 0.25) is 17.7 Å². The number of aromatic nitrogens is 5. The number of carbonyl (C=O) groups is 5. The number of amides is 4. The number of thiazole rings is 1. The Morgan fingerprint density at radius 1 is 0.816 bits per heavy atom. The maximum Gasteiger partial charge on any atom is 0.253 e. The summed E-state index contributed by atoms with van der Waals surface area (Å²) in [5.74, 6) is -2.32. The van der Waals surface area contributed by atoms with Crippen molar-refractivity contribution in [3.8, 4) is 21.6 Å². The number of hydrogen-bond donors (Lipinski definition) is 6. The average Bonchev–Trinajstić information content (AvgIpc) is 4.15. The highest BCUT2D eigenvalue weighted by molar-refractivity contribution is 7.13. The van der Waals surface area contributed by atoms with Crippen molar-refractivity contribution in [3.05, 3.63) is 116 Å². The van der Waals surface area contributed by atoms with Crippen molar-refractivity contribution in [1.82, 2.24) is 50.9 Å². The molecule has 6 aromatic rings. The predicted octanol–water partition coefficient (Wildman–Crippen LogP) is 6.17. The SMILES string of the molecule is Cc1cc(C)c(CNC(=O)c2cc(-c3ccc(N4CCN(CCNC(=O)CCC(=O)NC(C(=O)C5C[C@H](O)CC5C(=O)NCc5ccc(-c6scnc6C)cc5)C(C)(C)C)CC4)nc3)cc3c2cnn3C(C)C)c(=O)[nH]1. The van der Waals surface area contributed by atoms with E-state index in [2.05, 4.69) is 46.1 Å². The highest BCUT2D eigenvalue weighted by atomic mass is 32.1. The number of ketones is 1. The highest BCUT2D eigenvalue weighted by Crippen LogP contribution is 2.37. The molecule has 402 valence electrons. The van der Waals surface area contributed by atoms with Crippen LogP contribution in [0.15, 0.2) is 77.3 Å². The van der Waals surface area contributed by atoms with Gasteiger partial charge in [0.05, 0.1) is 51.4 Å². The number of nitrogens with zero attached hydrogens (tertiary/aromatic N) is 6. The lowest BCUT2D eigenvalue weighted by molar-refractivity contribution is -0.137.